The van der Waals surface area contributed by atoms with Crippen molar-refractivity contribution in [1.29, 1.82) is 0 Å². The average Bonchev–Trinajstić information content (AvgIpc) is 2.99. The second-order valence-corrected chi connectivity index (χ2v) is 4.64. The van der Waals surface area contributed by atoms with Crippen molar-refractivity contribution >= 4 is 11.7 Å². The Hall–Kier alpha value is -0.760. The molecule has 0 radical (unpaired) electrons. The quantitative estimate of drug-likeness (QED) is 0.703. The topological polar surface area (TPSA) is 76.5 Å². The molecule has 2 rings (SSSR count). The van der Waals surface area contributed by atoms with E-state index in [1.807, 2.05) is 0 Å². The fourth-order valence-electron chi connectivity index (χ4n) is 1.73. The molecule has 17 heavy (non-hydrogen) atoms. The third-order valence-corrected chi connectivity index (χ3v) is 3.10. The highest BCUT2D eigenvalue weighted by atomic mass is 32.1. The Kier molecular flexibility index (Phi) is 5.11. The van der Waals surface area contributed by atoms with Gasteiger partial charge in [-0.2, -0.15) is 9.85 Å². The zero-order valence-electron chi connectivity index (χ0n) is 9.54. The Morgan fingerprint density at radius 3 is 3.06 bits per heavy atom. The minimum Gasteiger partial charge on any atom is -0.473 e. The minimum absolute atomic E-state index is 0.187. The summed E-state index contributed by atoms with van der Waals surface area (Å²) in [5.74, 6) is 0.450. The van der Waals surface area contributed by atoms with E-state index in [0.29, 0.717) is 18.5 Å². The average molecular weight is 259 g/mol. The van der Waals surface area contributed by atoms with Crippen LogP contribution in [0.3, 0.4) is 0 Å². The largest absolute Gasteiger partial charge is 0.473 e. The van der Waals surface area contributed by atoms with Gasteiger partial charge in [0.25, 0.3) is 0 Å². The summed E-state index contributed by atoms with van der Waals surface area (Å²) in [5.41, 5.74) is 2.79. The molecule has 1 aliphatic rings. The van der Waals surface area contributed by atoms with Crippen LogP contribution in [-0.2, 0) is 4.84 Å². The van der Waals surface area contributed by atoms with Crippen LogP contribution in [0.25, 0.3) is 0 Å². The standard InChI is InChI=1S/C10H17N3O3S/c14-8(7-15-10-6-12-17-13-10)5-11-16-9-3-1-2-4-9/h6,8-9,11,14H,1-5,7H2. The van der Waals surface area contributed by atoms with Crippen molar-refractivity contribution in [2.45, 2.75) is 37.9 Å². The van der Waals surface area contributed by atoms with Gasteiger partial charge in [-0.25, -0.2) is 0 Å². The first-order valence-electron chi connectivity index (χ1n) is 5.81. The molecule has 0 bridgehead atoms. The summed E-state index contributed by atoms with van der Waals surface area (Å²) in [4.78, 5) is 5.42. The van der Waals surface area contributed by atoms with Gasteiger partial charge in [-0.05, 0) is 12.8 Å². The molecule has 0 aliphatic heterocycles. The number of hydrogen-bond donors (Lipinski definition) is 2. The van der Waals surface area contributed by atoms with E-state index in [-0.39, 0.29) is 6.61 Å². The highest BCUT2D eigenvalue weighted by molar-refractivity contribution is 6.99. The van der Waals surface area contributed by atoms with Crippen LogP contribution in [0.1, 0.15) is 25.7 Å². The first-order valence-corrected chi connectivity index (χ1v) is 6.54. The van der Waals surface area contributed by atoms with Crippen LogP contribution in [0, 0.1) is 0 Å². The molecule has 1 unspecified atom stereocenters. The number of rotatable bonds is 7. The molecule has 96 valence electrons. The van der Waals surface area contributed by atoms with Crippen molar-refractivity contribution in [2.75, 3.05) is 13.2 Å². The monoisotopic (exact) mass is 259 g/mol. The first-order chi connectivity index (χ1) is 8.34. The van der Waals surface area contributed by atoms with E-state index in [2.05, 4.69) is 14.2 Å². The molecule has 0 aromatic carbocycles. The Balaban J connectivity index is 1.52. The van der Waals surface area contributed by atoms with Crippen LogP contribution >= 0.6 is 11.7 Å². The number of nitrogens with one attached hydrogen (secondary N) is 1. The molecule has 1 saturated carbocycles. The third kappa shape index (κ3) is 4.55. The zero-order valence-corrected chi connectivity index (χ0v) is 10.4. The van der Waals surface area contributed by atoms with E-state index in [9.17, 15) is 5.11 Å². The maximum Gasteiger partial charge on any atom is 0.245 e. The smallest absolute Gasteiger partial charge is 0.245 e. The second-order valence-electron chi connectivity index (χ2n) is 4.08. The first kappa shape index (κ1) is 12.7. The van der Waals surface area contributed by atoms with Crippen LogP contribution in [0.5, 0.6) is 5.88 Å². The van der Waals surface area contributed by atoms with Gasteiger partial charge in [0.05, 0.1) is 24.4 Å². The number of aliphatic hydroxyl groups excluding tert-OH is 1. The van der Waals surface area contributed by atoms with Crippen molar-refractivity contribution in [3.05, 3.63) is 6.20 Å². The van der Waals surface area contributed by atoms with Gasteiger partial charge < -0.3 is 9.84 Å². The third-order valence-electron chi connectivity index (χ3n) is 2.64. The zero-order chi connectivity index (χ0) is 11.9. The lowest BCUT2D eigenvalue weighted by Gasteiger charge is -2.14. The summed E-state index contributed by atoms with van der Waals surface area (Å²) in [6.45, 7) is 0.542. The Labute approximate surface area is 104 Å². The van der Waals surface area contributed by atoms with Crippen molar-refractivity contribution < 1.29 is 14.7 Å². The van der Waals surface area contributed by atoms with E-state index in [4.69, 9.17) is 9.57 Å². The molecule has 1 heterocycles. The molecule has 0 amide bonds. The molecular formula is C10H17N3O3S. The molecule has 1 aliphatic carbocycles. The van der Waals surface area contributed by atoms with Gasteiger partial charge in [0, 0.05) is 0 Å². The summed E-state index contributed by atoms with van der Waals surface area (Å²) in [6.07, 6.45) is 5.88. The number of hydrogen-bond acceptors (Lipinski definition) is 7. The van der Waals surface area contributed by atoms with Crippen LogP contribution in [0.15, 0.2) is 6.20 Å². The van der Waals surface area contributed by atoms with Gasteiger partial charge in [0.2, 0.25) is 5.88 Å². The Morgan fingerprint density at radius 2 is 2.35 bits per heavy atom. The van der Waals surface area contributed by atoms with Crippen molar-refractivity contribution in [2.24, 2.45) is 0 Å². The summed E-state index contributed by atoms with van der Waals surface area (Å²) in [7, 11) is 0. The normalized spacial score (nSPS) is 18.4. The molecule has 1 atom stereocenters. The van der Waals surface area contributed by atoms with Crippen LogP contribution in [-0.4, -0.2) is 39.2 Å². The number of aliphatic hydroxyl groups is 1. The second kappa shape index (κ2) is 6.85. The fourth-order valence-corrected chi connectivity index (χ4v) is 2.09. The summed E-state index contributed by atoms with van der Waals surface area (Å²) >= 11 is 1.08. The van der Waals surface area contributed by atoms with E-state index in [1.54, 1.807) is 0 Å². The van der Waals surface area contributed by atoms with Gasteiger partial charge in [-0.3, -0.25) is 4.84 Å². The molecule has 7 heteroatoms. The molecule has 0 spiro atoms. The van der Waals surface area contributed by atoms with Crippen molar-refractivity contribution in [3.8, 4) is 5.88 Å². The van der Waals surface area contributed by atoms with Crippen LogP contribution in [0.4, 0.5) is 0 Å². The number of ether oxygens (including phenoxy) is 1. The molecule has 0 saturated heterocycles. The predicted octanol–water partition coefficient (Wildman–Crippen LogP) is 0.742. The highest BCUT2D eigenvalue weighted by Gasteiger charge is 2.16. The summed E-state index contributed by atoms with van der Waals surface area (Å²) in [6, 6.07) is 0. The fraction of sp³-hybridized carbons (Fsp3) is 0.800. The van der Waals surface area contributed by atoms with Crippen LogP contribution in [0.2, 0.25) is 0 Å². The SMILES string of the molecule is OC(CNOC1CCCC1)COc1cnsn1. The number of aromatic nitrogens is 2. The Morgan fingerprint density at radius 1 is 1.53 bits per heavy atom. The lowest BCUT2D eigenvalue weighted by Crippen LogP contribution is -2.33. The molecule has 1 aromatic heterocycles. The van der Waals surface area contributed by atoms with Crippen molar-refractivity contribution in [1.82, 2.24) is 14.2 Å². The van der Waals surface area contributed by atoms with Gasteiger partial charge in [-0.15, -0.1) is 4.37 Å². The van der Waals surface area contributed by atoms with E-state index in [1.165, 1.54) is 19.0 Å². The van der Waals surface area contributed by atoms with Gasteiger partial charge >= 0.3 is 0 Å². The predicted molar refractivity (Wildman–Crippen MR) is 62.8 cm³/mol. The number of hydroxylamine groups is 1. The van der Waals surface area contributed by atoms with E-state index < -0.39 is 6.10 Å². The molecule has 2 N–H and O–H groups in total. The maximum atomic E-state index is 9.61. The maximum absolute atomic E-state index is 9.61. The van der Waals surface area contributed by atoms with Gasteiger partial charge in [0.1, 0.15) is 18.9 Å². The highest BCUT2D eigenvalue weighted by Crippen LogP contribution is 2.19. The molecule has 1 aromatic rings. The number of nitrogens with zero attached hydrogens (tertiary/aromatic N) is 2. The minimum atomic E-state index is -0.613. The molecular weight excluding hydrogens is 242 g/mol. The van der Waals surface area contributed by atoms with Crippen LogP contribution < -0.4 is 10.2 Å². The van der Waals surface area contributed by atoms with Gasteiger partial charge in [0.15, 0.2) is 0 Å². The van der Waals surface area contributed by atoms with Gasteiger partial charge in [-0.1, -0.05) is 12.8 Å². The summed E-state index contributed by atoms with van der Waals surface area (Å²) in [5, 5.41) is 9.61. The lowest BCUT2D eigenvalue weighted by atomic mass is 10.3. The molecule has 1 fully saturated rings. The molecule has 6 nitrogen and oxygen atoms in total. The van der Waals surface area contributed by atoms with E-state index in [0.717, 1.165) is 24.6 Å². The summed E-state index contributed by atoms with van der Waals surface area (Å²) < 4.78 is 12.9. The van der Waals surface area contributed by atoms with Crippen molar-refractivity contribution in [3.63, 3.8) is 0 Å². The van der Waals surface area contributed by atoms with E-state index >= 15 is 0 Å². The Bertz CT molecular complexity index is 304. The lowest BCUT2D eigenvalue weighted by molar-refractivity contribution is -0.0419.